The Kier molecular flexibility index (Phi) is 8.88. The Bertz CT molecular complexity index is 698. The van der Waals surface area contributed by atoms with Crippen molar-refractivity contribution in [2.24, 2.45) is 5.92 Å². The van der Waals surface area contributed by atoms with Crippen LogP contribution in [0.1, 0.15) is 30.4 Å². The van der Waals surface area contributed by atoms with E-state index in [1.54, 1.807) is 12.1 Å². The molecule has 2 aromatic rings. The SMILES string of the molecule is Cc1ccc(NCCCN2CCC(Cc3ccc(F)cc3)CC2)cc1Cl.Cl. The van der Waals surface area contributed by atoms with Crippen molar-refractivity contribution in [1.82, 2.24) is 4.90 Å². The minimum Gasteiger partial charge on any atom is -0.385 e. The standard InChI is InChI=1S/C22H28ClFN2.ClH/c1-17-3-8-21(16-22(17)23)25-11-2-12-26-13-9-19(10-14-26)15-18-4-6-20(24)7-5-18;/h3-8,16,19,25H,2,9-15H2,1H3;1H. The molecule has 0 unspecified atom stereocenters. The minimum atomic E-state index is -0.148. The van der Waals surface area contributed by atoms with Gasteiger partial charge in [0.05, 0.1) is 0 Å². The number of nitrogens with zero attached hydrogens (tertiary/aromatic N) is 1. The zero-order chi connectivity index (χ0) is 18.4. The number of aryl methyl sites for hydroxylation is 1. The predicted molar refractivity (Wildman–Crippen MR) is 116 cm³/mol. The second kappa shape index (κ2) is 10.9. The Morgan fingerprint density at radius 2 is 1.81 bits per heavy atom. The Labute approximate surface area is 173 Å². The molecule has 2 nitrogen and oxygen atoms in total. The highest BCUT2D eigenvalue weighted by molar-refractivity contribution is 6.31. The summed E-state index contributed by atoms with van der Waals surface area (Å²) in [4.78, 5) is 2.56. The summed E-state index contributed by atoms with van der Waals surface area (Å²) >= 11 is 6.16. The molecule has 3 rings (SSSR count). The van der Waals surface area contributed by atoms with Gasteiger partial charge < -0.3 is 10.2 Å². The zero-order valence-electron chi connectivity index (χ0n) is 15.9. The van der Waals surface area contributed by atoms with Gasteiger partial charge in [-0.15, -0.1) is 12.4 Å². The van der Waals surface area contributed by atoms with Gasteiger partial charge in [0.15, 0.2) is 0 Å². The molecule has 0 aromatic heterocycles. The predicted octanol–water partition coefficient (Wildman–Crippen LogP) is 5.97. The molecule has 27 heavy (non-hydrogen) atoms. The molecule has 1 aliphatic heterocycles. The van der Waals surface area contributed by atoms with Crippen molar-refractivity contribution in [1.29, 1.82) is 0 Å². The van der Waals surface area contributed by atoms with E-state index in [1.165, 1.54) is 31.5 Å². The van der Waals surface area contributed by atoms with E-state index >= 15 is 0 Å². The molecule has 2 aromatic carbocycles. The van der Waals surface area contributed by atoms with E-state index in [0.29, 0.717) is 0 Å². The first-order valence-electron chi connectivity index (χ1n) is 9.57. The first-order chi connectivity index (χ1) is 12.6. The summed E-state index contributed by atoms with van der Waals surface area (Å²) in [6, 6.07) is 13.1. The fraction of sp³-hybridized carbons (Fsp3) is 0.455. The maximum absolute atomic E-state index is 13.0. The van der Waals surface area contributed by atoms with Crippen molar-refractivity contribution in [3.05, 3.63) is 64.4 Å². The van der Waals surface area contributed by atoms with E-state index in [0.717, 1.165) is 48.1 Å². The highest BCUT2D eigenvalue weighted by Gasteiger charge is 2.19. The van der Waals surface area contributed by atoms with E-state index in [1.807, 2.05) is 25.1 Å². The van der Waals surface area contributed by atoms with E-state index in [2.05, 4.69) is 22.3 Å². The maximum Gasteiger partial charge on any atom is 0.123 e. The number of halogens is 3. The third kappa shape index (κ3) is 6.99. The van der Waals surface area contributed by atoms with Crippen LogP contribution in [0.2, 0.25) is 5.02 Å². The van der Waals surface area contributed by atoms with Crippen LogP contribution in [0, 0.1) is 18.7 Å². The molecular formula is C22H29Cl2FN2. The quantitative estimate of drug-likeness (QED) is 0.565. The largest absolute Gasteiger partial charge is 0.385 e. The average Bonchev–Trinajstić information content (AvgIpc) is 2.65. The van der Waals surface area contributed by atoms with Gasteiger partial charge >= 0.3 is 0 Å². The number of hydrogen-bond acceptors (Lipinski definition) is 2. The number of nitrogens with one attached hydrogen (secondary N) is 1. The third-order valence-electron chi connectivity index (χ3n) is 5.30. The molecule has 1 aliphatic rings. The Balaban J connectivity index is 0.00000261. The molecule has 1 saturated heterocycles. The van der Waals surface area contributed by atoms with Crippen LogP contribution >= 0.6 is 24.0 Å². The summed E-state index contributed by atoms with van der Waals surface area (Å²) in [7, 11) is 0. The van der Waals surface area contributed by atoms with Crippen molar-refractivity contribution in [3.63, 3.8) is 0 Å². The smallest absolute Gasteiger partial charge is 0.123 e. The van der Waals surface area contributed by atoms with Crippen LogP contribution in [0.4, 0.5) is 10.1 Å². The lowest BCUT2D eigenvalue weighted by Crippen LogP contribution is -2.35. The summed E-state index contributed by atoms with van der Waals surface area (Å²) in [5, 5.41) is 4.27. The molecule has 0 amide bonds. The van der Waals surface area contributed by atoms with Gasteiger partial charge in [-0.2, -0.15) is 0 Å². The van der Waals surface area contributed by atoms with Crippen molar-refractivity contribution >= 4 is 29.7 Å². The summed E-state index contributed by atoms with van der Waals surface area (Å²) in [6.45, 7) is 6.46. The van der Waals surface area contributed by atoms with Crippen molar-refractivity contribution in [3.8, 4) is 0 Å². The molecule has 0 radical (unpaired) electrons. The molecule has 0 spiro atoms. The lowest BCUT2D eigenvalue weighted by atomic mass is 9.90. The van der Waals surface area contributed by atoms with Crippen LogP contribution in [0.5, 0.6) is 0 Å². The molecule has 148 valence electrons. The molecule has 0 bridgehead atoms. The summed E-state index contributed by atoms with van der Waals surface area (Å²) < 4.78 is 13.0. The van der Waals surface area contributed by atoms with Crippen LogP contribution < -0.4 is 5.32 Å². The van der Waals surface area contributed by atoms with Crippen molar-refractivity contribution in [2.45, 2.75) is 32.6 Å². The van der Waals surface area contributed by atoms with Gasteiger partial charge in [0.25, 0.3) is 0 Å². The van der Waals surface area contributed by atoms with Crippen LogP contribution in [0.3, 0.4) is 0 Å². The topological polar surface area (TPSA) is 15.3 Å². The zero-order valence-corrected chi connectivity index (χ0v) is 17.5. The molecule has 5 heteroatoms. The Morgan fingerprint density at radius 3 is 2.48 bits per heavy atom. The fourth-order valence-electron chi connectivity index (χ4n) is 3.61. The second-order valence-corrected chi connectivity index (χ2v) is 7.77. The summed E-state index contributed by atoms with van der Waals surface area (Å²) in [5.41, 5.74) is 3.46. The number of piperidine rings is 1. The molecule has 1 fully saturated rings. The lowest BCUT2D eigenvalue weighted by molar-refractivity contribution is 0.183. The van der Waals surface area contributed by atoms with Crippen LogP contribution in [-0.2, 0) is 6.42 Å². The summed E-state index contributed by atoms with van der Waals surface area (Å²) in [5.74, 6) is 0.578. The molecule has 0 saturated carbocycles. The maximum atomic E-state index is 13.0. The van der Waals surface area contributed by atoms with E-state index in [9.17, 15) is 4.39 Å². The highest BCUT2D eigenvalue weighted by Crippen LogP contribution is 2.22. The molecule has 1 N–H and O–H groups in total. The number of rotatable bonds is 7. The summed E-state index contributed by atoms with van der Waals surface area (Å²) in [6.07, 6.45) is 4.68. The van der Waals surface area contributed by atoms with E-state index in [4.69, 9.17) is 11.6 Å². The third-order valence-corrected chi connectivity index (χ3v) is 5.70. The number of likely N-dealkylation sites (tertiary alicyclic amines) is 1. The lowest BCUT2D eigenvalue weighted by Gasteiger charge is -2.32. The van der Waals surface area contributed by atoms with Crippen LogP contribution in [0.15, 0.2) is 42.5 Å². The van der Waals surface area contributed by atoms with Gasteiger partial charge in [0, 0.05) is 17.3 Å². The van der Waals surface area contributed by atoms with Gasteiger partial charge in [0.1, 0.15) is 5.82 Å². The Morgan fingerprint density at radius 1 is 1.11 bits per heavy atom. The van der Waals surface area contributed by atoms with Gasteiger partial charge in [-0.3, -0.25) is 0 Å². The monoisotopic (exact) mass is 410 g/mol. The molecular weight excluding hydrogens is 382 g/mol. The normalized spacial score (nSPS) is 15.4. The second-order valence-electron chi connectivity index (χ2n) is 7.36. The molecule has 0 atom stereocenters. The number of hydrogen-bond donors (Lipinski definition) is 1. The van der Waals surface area contributed by atoms with E-state index < -0.39 is 0 Å². The molecule has 0 aliphatic carbocycles. The first-order valence-corrected chi connectivity index (χ1v) is 9.95. The van der Waals surface area contributed by atoms with Gasteiger partial charge in [-0.1, -0.05) is 29.8 Å². The van der Waals surface area contributed by atoms with Crippen LogP contribution in [0.25, 0.3) is 0 Å². The first kappa shape index (κ1) is 22.0. The minimum absolute atomic E-state index is 0. The van der Waals surface area contributed by atoms with Gasteiger partial charge in [-0.25, -0.2) is 4.39 Å². The average molecular weight is 411 g/mol. The Hall–Kier alpha value is -1.29. The van der Waals surface area contributed by atoms with Gasteiger partial charge in [0.2, 0.25) is 0 Å². The van der Waals surface area contributed by atoms with Gasteiger partial charge in [-0.05, 0) is 93.6 Å². The van der Waals surface area contributed by atoms with Crippen molar-refractivity contribution in [2.75, 3.05) is 31.5 Å². The van der Waals surface area contributed by atoms with E-state index in [-0.39, 0.29) is 18.2 Å². The number of benzene rings is 2. The highest BCUT2D eigenvalue weighted by atomic mass is 35.5. The van der Waals surface area contributed by atoms with Crippen LogP contribution in [-0.4, -0.2) is 31.1 Å². The molecule has 1 heterocycles. The fourth-order valence-corrected chi connectivity index (χ4v) is 3.79. The van der Waals surface area contributed by atoms with Crippen molar-refractivity contribution < 1.29 is 4.39 Å². The number of anilines is 1.